The number of nitrogens with two attached hydrogens (primary N) is 1. The molecule has 0 aliphatic heterocycles. The number of methoxy groups -OCH3 is 1. The number of hydrogen-bond donors (Lipinski definition) is 1. The normalized spacial score (nSPS) is 10.4. The molecule has 0 fully saturated rings. The Morgan fingerprint density at radius 2 is 2.36 bits per heavy atom. The quantitative estimate of drug-likeness (QED) is 0.807. The number of hydrogen-bond acceptors (Lipinski definition) is 5. The van der Waals surface area contributed by atoms with Crippen LogP contribution in [0.4, 0.5) is 5.82 Å². The highest BCUT2D eigenvalue weighted by Gasteiger charge is 2.08. The molecule has 0 spiro atoms. The van der Waals surface area contributed by atoms with E-state index in [9.17, 15) is 0 Å². The molecule has 0 aliphatic rings. The predicted octanol–water partition coefficient (Wildman–Crippen LogP) is 1.13. The largest absolute Gasteiger partial charge is 0.473 e. The summed E-state index contributed by atoms with van der Waals surface area (Å²) in [5.41, 5.74) is 6.50. The van der Waals surface area contributed by atoms with Crippen molar-refractivity contribution >= 4 is 17.2 Å². The molecule has 0 saturated heterocycles. The summed E-state index contributed by atoms with van der Waals surface area (Å²) in [7, 11) is 3.40. The summed E-state index contributed by atoms with van der Waals surface area (Å²) in [5, 5.41) is 4.86. The molecule has 6 heteroatoms. The predicted molar refractivity (Wildman–Crippen MR) is 55.3 cm³/mol. The Bertz CT molecular complexity index is 428. The van der Waals surface area contributed by atoms with Crippen molar-refractivity contribution in [1.82, 2.24) is 14.8 Å². The van der Waals surface area contributed by atoms with Gasteiger partial charge in [-0.25, -0.2) is 4.98 Å². The van der Waals surface area contributed by atoms with Gasteiger partial charge in [-0.1, -0.05) is 11.3 Å². The third-order valence-corrected chi connectivity index (χ3v) is 2.81. The van der Waals surface area contributed by atoms with Crippen LogP contribution >= 0.6 is 11.3 Å². The van der Waals surface area contributed by atoms with Crippen LogP contribution in [-0.4, -0.2) is 21.9 Å². The minimum Gasteiger partial charge on any atom is -0.473 e. The fraction of sp³-hybridized carbons (Fsp3) is 0.250. The smallest absolute Gasteiger partial charge is 0.273 e. The number of ether oxygens (including phenoxy) is 1. The minimum atomic E-state index is 0.629. The molecule has 2 N–H and O–H groups in total. The highest BCUT2D eigenvalue weighted by Crippen LogP contribution is 2.29. The molecule has 5 nitrogen and oxygen atoms in total. The Hall–Kier alpha value is -1.56. The Morgan fingerprint density at radius 3 is 2.86 bits per heavy atom. The van der Waals surface area contributed by atoms with Crippen LogP contribution < -0.4 is 10.5 Å². The molecule has 2 aromatic rings. The molecule has 0 aromatic carbocycles. The van der Waals surface area contributed by atoms with Gasteiger partial charge in [-0.3, -0.25) is 4.68 Å². The van der Waals surface area contributed by atoms with Crippen molar-refractivity contribution < 1.29 is 4.74 Å². The first-order valence-electron chi connectivity index (χ1n) is 4.00. The number of nitrogen functional groups attached to an aromatic ring is 1. The number of rotatable bonds is 2. The summed E-state index contributed by atoms with van der Waals surface area (Å²) < 4.78 is 6.62. The molecule has 0 atom stereocenters. The average Bonchev–Trinajstić information content (AvgIpc) is 2.74. The summed E-state index contributed by atoms with van der Waals surface area (Å²) in [6.07, 6.45) is 1.73. The van der Waals surface area contributed by atoms with Crippen LogP contribution in [0.2, 0.25) is 0 Å². The lowest BCUT2D eigenvalue weighted by Crippen LogP contribution is -1.96. The fourth-order valence-electron chi connectivity index (χ4n) is 1.07. The van der Waals surface area contributed by atoms with Crippen molar-refractivity contribution in [2.24, 2.45) is 7.05 Å². The number of thiazole rings is 1. The van der Waals surface area contributed by atoms with E-state index in [1.165, 1.54) is 11.3 Å². The SMILES string of the molecule is COc1ncc(-c2cc(N)n(C)n2)s1. The van der Waals surface area contributed by atoms with E-state index in [-0.39, 0.29) is 0 Å². The Balaban J connectivity index is 2.39. The van der Waals surface area contributed by atoms with E-state index in [1.54, 1.807) is 25.0 Å². The van der Waals surface area contributed by atoms with Crippen molar-refractivity contribution in [1.29, 1.82) is 0 Å². The minimum absolute atomic E-state index is 0.629. The monoisotopic (exact) mass is 210 g/mol. The first-order valence-corrected chi connectivity index (χ1v) is 4.82. The Morgan fingerprint density at radius 1 is 1.57 bits per heavy atom. The summed E-state index contributed by atoms with van der Waals surface area (Å²) in [6, 6.07) is 1.81. The van der Waals surface area contributed by atoms with E-state index in [0.29, 0.717) is 11.0 Å². The topological polar surface area (TPSA) is 66.0 Å². The first kappa shape index (κ1) is 9.01. The van der Waals surface area contributed by atoms with Crippen LogP contribution in [0.3, 0.4) is 0 Å². The van der Waals surface area contributed by atoms with Gasteiger partial charge in [-0.05, 0) is 0 Å². The first-order chi connectivity index (χ1) is 6.70. The third-order valence-electron chi connectivity index (χ3n) is 1.83. The van der Waals surface area contributed by atoms with E-state index in [2.05, 4.69) is 10.1 Å². The van der Waals surface area contributed by atoms with E-state index in [0.717, 1.165) is 10.6 Å². The van der Waals surface area contributed by atoms with Gasteiger partial charge < -0.3 is 10.5 Å². The van der Waals surface area contributed by atoms with Crippen LogP contribution in [0.5, 0.6) is 5.19 Å². The second-order valence-corrected chi connectivity index (χ2v) is 3.77. The number of aryl methyl sites for hydroxylation is 1. The van der Waals surface area contributed by atoms with E-state index in [1.807, 2.05) is 6.07 Å². The molecule has 2 rings (SSSR count). The average molecular weight is 210 g/mol. The lowest BCUT2D eigenvalue weighted by atomic mass is 10.4. The maximum absolute atomic E-state index is 5.67. The summed E-state index contributed by atoms with van der Waals surface area (Å²) in [6.45, 7) is 0. The van der Waals surface area contributed by atoms with Gasteiger partial charge in [0.2, 0.25) is 0 Å². The Labute approximate surface area is 85.1 Å². The molecule has 2 aromatic heterocycles. The van der Waals surface area contributed by atoms with E-state index < -0.39 is 0 Å². The number of anilines is 1. The highest BCUT2D eigenvalue weighted by atomic mass is 32.1. The van der Waals surface area contributed by atoms with Gasteiger partial charge in [0.05, 0.1) is 18.2 Å². The molecule has 0 aliphatic carbocycles. The third kappa shape index (κ3) is 1.44. The standard InChI is InChI=1S/C8H10N4OS/c1-12-7(9)3-5(11-12)6-4-10-8(13-2)14-6/h3-4H,9H2,1-2H3. The molecule has 0 unspecified atom stereocenters. The van der Waals surface area contributed by atoms with Crippen molar-refractivity contribution in [2.45, 2.75) is 0 Å². The van der Waals surface area contributed by atoms with Crippen LogP contribution in [-0.2, 0) is 7.05 Å². The van der Waals surface area contributed by atoms with Gasteiger partial charge in [-0.15, -0.1) is 0 Å². The summed E-state index contributed by atoms with van der Waals surface area (Å²) in [4.78, 5) is 5.01. The Kier molecular flexibility index (Phi) is 2.12. The molecule has 14 heavy (non-hydrogen) atoms. The number of nitrogens with zero attached hydrogens (tertiary/aromatic N) is 3. The van der Waals surface area contributed by atoms with Crippen molar-refractivity contribution in [2.75, 3.05) is 12.8 Å². The highest BCUT2D eigenvalue weighted by molar-refractivity contribution is 7.16. The van der Waals surface area contributed by atoms with Crippen LogP contribution in [0.1, 0.15) is 0 Å². The number of aromatic nitrogens is 3. The molecular weight excluding hydrogens is 200 g/mol. The van der Waals surface area contributed by atoms with Crippen LogP contribution in [0, 0.1) is 0 Å². The fourth-order valence-corrected chi connectivity index (χ4v) is 1.76. The second kappa shape index (κ2) is 3.30. The van der Waals surface area contributed by atoms with Crippen molar-refractivity contribution in [3.05, 3.63) is 12.3 Å². The maximum atomic E-state index is 5.67. The molecular formula is C8H10N4OS. The van der Waals surface area contributed by atoms with Gasteiger partial charge in [0, 0.05) is 13.1 Å². The zero-order valence-corrected chi connectivity index (χ0v) is 8.71. The summed E-state index contributed by atoms with van der Waals surface area (Å²) >= 11 is 1.44. The molecule has 0 bridgehead atoms. The van der Waals surface area contributed by atoms with Gasteiger partial charge in [-0.2, -0.15) is 5.10 Å². The van der Waals surface area contributed by atoms with E-state index in [4.69, 9.17) is 10.5 Å². The van der Waals surface area contributed by atoms with Gasteiger partial charge >= 0.3 is 0 Å². The van der Waals surface area contributed by atoms with Crippen molar-refractivity contribution in [3.8, 4) is 15.8 Å². The lowest BCUT2D eigenvalue weighted by Gasteiger charge is -1.89. The molecule has 0 amide bonds. The second-order valence-electron chi connectivity index (χ2n) is 2.77. The molecule has 0 radical (unpaired) electrons. The molecule has 2 heterocycles. The zero-order valence-electron chi connectivity index (χ0n) is 7.89. The lowest BCUT2D eigenvalue weighted by molar-refractivity contribution is 0.412. The van der Waals surface area contributed by atoms with Gasteiger partial charge in [0.25, 0.3) is 5.19 Å². The van der Waals surface area contributed by atoms with Crippen LogP contribution in [0.25, 0.3) is 10.6 Å². The molecule has 74 valence electrons. The van der Waals surface area contributed by atoms with Crippen LogP contribution in [0.15, 0.2) is 12.3 Å². The maximum Gasteiger partial charge on any atom is 0.273 e. The van der Waals surface area contributed by atoms with Gasteiger partial charge in [0.15, 0.2) is 0 Å². The van der Waals surface area contributed by atoms with Crippen molar-refractivity contribution in [3.63, 3.8) is 0 Å². The zero-order chi connectivity index (χ0) is 10.1. The molecule has 0 saturated carbocycles. The summed E-state index contributed by atoms with van der Waals surface area (Å²) in [5.74, 6) is 0.632. The van der Waals surface area contributed by atoms with E-state index >= 15 is 0 Å². The van der Waals surface area contributed by atoms with Gasteiger partial charge in [0.1, 0.15) is 11.5 Å².